The van der Waals surface area contributed by atoms with Gasteiger partial charge in [-0.05, 0) is 198 Å². The van der Waals surface area contributed by atoms with Crippen LogP contribution >= 0.6 is 0 Å². The molecule has 2 nitrogen and oxygen atoms in total. The highest BCUT2D eigenvalue weighted by atomic mass is 16.5. The average molecular weight is 647 g/mol. The monoisotopic (exact) mass is 646 g/mol. The molecule has 5 aromatic carbocycles. The number of rotatable bonds is 4. The van der Waals surface area contributed by atoms with E-state index in [1.54, 1.807) is 14.2 Å². The minimum atomic E-state index is 0.891. The van der Waals surface area contributed by atoms with E-state index >= 15 is 0 Å². The van der Waals surface area contributed by atoms with Crippen molar-refractivity contribution < 1.29 is 9.47 Å². The number of benzene rings is 5. The summed E-state index contributed by atoms with van der Waals surface area (Å²) in [6.45, 7) is 8.82. The third kappa shape index (κ3) is 4.48. The molecule has 2 heteroatoms. The number of ether oxygens (including phenoxy) is 2. The zero-order chi connectivity index (χ0) is 34.3. The van der Waals surface area contributed by atoms with Crippen molar-refractivity contribution in [2.75, 3.05) is 14.2 Å². The Morgan fingerprint density at radius 2 is 0.740 bits per heavy atom. The fourth-order valence-corrected chi connectivity index (χ4v) is 8.70. The van der Waals surface area contributed by atoms with Crippen LogP contribution in [0.3, 0.4) is 0 Å². The third-order valence-electron chi connectivity index (χ3n) is 10.8. The largest absolute Gasteiger partial charge is 0.497 e. The zero-order valence-electron chi connectivity index (χ0n) is 29.4. The van der Waals surface area contributed by atoms with Gasteiger partial charge in [0.15, 0.2) is 0 Å². The summed E-state index contributed by atoms with van der Waals surface area (Å²) in [7, 11) is 3.49. The Labute approximate surface area is 293 Å². The number of methoxy groups -OCH3 is 2. The molecular weight excluding hydrogens is 609 g/mol. The lowest BCUT2D eigenvalue weighted by molar-refractivity contribution is 0.414. The van der Waals surface area contributed by atoms with Gasteiger partial charge in [-0.1, -0.05) is 60.7 Å². The number of hydrogen-bond acceptors (Lipinski definition) is 2. The van der Waals surface area contributed by atoms with Crippen molar-refractivity contribution in [2.24, 2.45) is 0 Å². The fourth-order valence-electron chi connectivity index (χ4n) is 8.70. The van der Waals surface area contributed by atoms with Crippen molar-refractivity contribution in [3.8, 4) is 56.0 Å². The highest BCUT2D eigenvalue weighted by Crippen LogP contribution is 2.50. The Morgan fingerprint density at radius 1 is 0.360 bits per heavy atom. The van der Waals surface area contributed by atoms with E-state index in [2.05, 4.69) is 149 Å². The predicted molar refractivity (Wildman–Crippen MR) is 213 cm³/mol. The second kappa shape index (κ2) is 11.4. The van der Waals surface area contributed by atoms with Crippen LogP contribution in [-0.2, 0) is 0 Å². The molecule has 0 saturated carbocycles. The van der Waals surface area contributed by atoms with Crippen LogP contribution in [0, 0.1) is 27.7 Å². The number of fused-ring (bicyclic) bond motifs is 10. The van der Waals surface area contributed by atoms with Crippen LogP contribution in [0.4, 0.5) is 0 Å². The van der Waals surface area contributed by atoms with Gasteiger partial charge in [-0.2, -0.15) is 0 Å². The van der Waals surface area contributed by atoms with Gasteiger partial charge < -0.3 is 9.47 Å². The van der Waals surface area contributed by atoms with Crippen molar-refractivity contribution in [2.45, 2.75) is 27.7 Å². The maximum atomic E-state index is 5.67. The normalized spacial score (nSPS) is 11.8. The molecule has 0 aliphatic heterocycles. The van der Waals surface area contributed by atoms with Crippen LogP contribution < -0.4 is 9.47 Å². The lowest BCUT2D eigenvalue weighted by Gasteiger charge is -2.18. The van der Waals surface area contributed by atoms with Crippen LogP contribution in [0.15, 0.2) is 121 Å². The number of aryl methyl sites for hydroxylation is 4. The van der Waals surface area contributed by atoms with Gasteiger partial charge in [0.05, 0.1) is 14.2 Å². The SMILES string of the molecule is COc1cc(C)c(-c2cc3cc4c(cc(-c5c(C)cc(OC)cc5C)c5c6cccccc-6cc54)cc3c3cc4cccccc-4c23)c(C)c1. The smallest absolute Gasteiger partial charge is 0.119 e. The summed E-state index contributed by atoms with van der Waals surface area (Å²) < 4.78 is 11.3. The van der Waals surface area contributed by atoms with Crippen LogP contribution in [0.5, 0.6) is 11.5 Å². The third-order valence-corrected chi connectivity index (χ3v) is 10.8. The maximum absolute atomic E-state index is 5.67. The lowest BCUT2D eigenvalue weighted by atomic mass is 9.86. The van der Waals surface area contributed by atoms with Crippen LogP contribution in [0.2, 0.25) is 0 Å². The Hall–Kier alpha value is -5.86. The van der Waals surface area contributed by atoms with Crippen molar-refractivity contribution in [3.63, 3.8) is 0 Å². The molecule has 50 heavy (non-hydrogen) atoms. The molecule has 0 unspecified atom stereocenters. The molecule has 4 aliphatic carbocycles. The molecule has 0 atom stereocenters. The summed E-state index contributed by atoms with van der Waals surface area (Å²) in [5.41, 5.74) is 15.0. The van der Waals surface area contributed by atoms with Crippen molar-refractivity contribution in [3.05, 3.63) is 144 Å². The van der Waals surface area contributed by atoms with Gasteiger partial charge in [0.1, 0.15) is 11.5 Å². The predicted octanol–water partition coefficient (Wildman–Crippen LogP) is 13.1. The van der Waals surface area contributed by atoms with Crippen LogP contribution in [0.1, 0.15) is 22.3 Å². The van der Waals surface area contributed by atoms with Crippen molar-refractivity contribution >= 4 is 43.1 Å². The van der Waals surface area contributed by atoms with E-state index in [9.17, 15) is 0 Å². The molecule has 5 aromatic rings. The average Bonchev–Trinajstić information content (AvgIpc) is 3.44. The van der Waals surface area contributed by atoms with Crippen LogP contribution in [0.25, 0.3) is 87.6 Å². The van der Waals surface area contributed by atoms with E-state index < -0.39 is 0 Å². The van der Waals surface area contributed by atoms with Gasteiger partial charge in [-0.25, -0.2) is 0 Å². The first-order chi connectivity index (χ1) is 24.3. The molecule has 4 aliphatic rings. The minimum Gasteiger partial charge on any atom is -0.497 e. The van der Waals surface area contributed by atoms with E-state index in [1.807, 2.05) is 0 Å². The molecule has 0 fully saturated rings. The van der Waals surface area contributed by atoms with Crippen LogP contribution in [-0.4, -0.2) is 14.2 Å². The second-order valence-corrected chi connectivity index (χ2v) is 13.8. The molecule has 0 aromatic heterocycles. The minimum absolute atomic E-state index is 0.891. The number of hydrogen-bond donors (Lipinski definition) is 0. The van der Waals surface area contributed by atoms with Gasteiger partial charge in [-0.15, -0.1) is 0 Å². The highest BCUT2D eigenvalue weighted by molar-refractivity contribution is 6.27. The topological polar surface area (TPSA) is 18.5 Å². The van der Waals surface area contributed by atoms with E-state index in [0.29, 0.717) is 0 Å². The first kappa shape index (κ1) is 30.2. The Morgan fingerprint density at radius 3 is 1.12 bits per heavy atom. The Balaban J connectivity index is 1.46. The van der Waals surface area contributed by atoms with Gasteiger partial charge >= 0.3 is 0 Å². The standard InChI is InChI=1S/C48H38O2/c1-27-17-35(49-5)18-28(2)45(27)43-25-33-23-40-34(24-39(33)41-21-31-13-9-7-11-15-37(31)47(41)43)26-44(46-29(3)19-36(50-6)20-30(46)4)48-38-16-12-8-10-14-32(38)22-42(40)48/h7-26H,1-6H3. The first-order valence-corrected chi connectivity index (χ1v) is 17.3. The van der Waals surface area contributed by atoms with E-state index in [0.717, 1.165) is 11.5 Å². The summed E-state index contributed by atoms with van der Waals surface area (Å²) in [6.07, 6.45) is 0. The second-order valence-electron chi connectivity index (χ2n) is 13.8. The molecule has 0 N–H and O–H groups in total. The molecule has 0 amide bonds. The molecule has 0 saturated heterocycles. The van der Waals surface area contributed by atoms with E-state index in [1.165, 1.54) is 110 Å². The van der Waals surface area contributed by atoms with Gasteiger partial charge in [0, 0.05) is 0 Å². The van der Waals surface area contributed by atoms with Crippen molar-refractivity contribution in [1.82, 2.24) is 0 Å². The Bertz CT molecular complexity index is 2530. The molecule has 0 radical (unpaired) electrons. The summed E-state index contributed by atoms with van der Waals surface area (Å²) >= 11 is 0. The van der Waals surface area contributed by atoms with Gasteiger partial charge in [0.2, 0.25) is 0 Å². The summed E-state index contributed by atoms with van der Waals surface area (Å²) in [6, 6.07) is 45.1. The molecule has 0 spiro atoms. The maximum Gasteiger partial charge on any atom is 0.119 e. The Kier molecular flexibility index (Phi) is 6.86. The van der Waals surface area contributed by atoms with Crippen molar-refractivity contribution in [1.29, 1.82) is 0 Å². The summed E-state index contributed by atoms with van der Waals surface area (Å²) in [4.78, 5) is 0. The molecule has 0 heterocycles. The molecule has 242 valence electrons. The quantitative estimate of drug-likeness (QED) is 0.177. The first-order valence-electron chi connectivity index (χ1n) is 17.3. The highest BCUT2D eigenvalue weighted by Gasteiger charge is 2.23. The zero-order valence-corrected chi connectivity index (χ0v) is 29.4. The summed E-state index contributed by atoms with van der Waals surface area (Å²) in [5, 5.41) is 10.2. The molecule has 9 rings (SSSR count). The molecule has 0 bridgehead atoms. The van der Waals surface area contributed by atoms with Gasteiger partial charge in [-0.3, -0.25) is 0 Å². The van der Waals surface area contributed by atoms with E-state index in [4.69, 9.17) is 9.47 Å². The molecular formula is C48H38O2. The van der Waals surface area contributed by atoms with E-state index in [-0.39, 0.29) is 0 Å². The summed E-state index contributed by atoms with van der Waals surface area (Å²) in [5.74, 6) is 1.78. The fraction of sp³-hybridized carbons (Fsp3) is 0.125. The lowest BCUT2D eigenvalue weighted by Crippen LogP contribution is -1.94. The van der Waals surface area contributed by atoms with Gasteiger partial charge in [0.25, 0.3) is 0 Å².